The second-order valence-electron chi connectivity index (χ2n) is 4.16. The van der Waals surface area contributed by atoms with Crippen LogP contribution in [0.1, 0.15) is 13.3 Å². The largest absolute Gasteiger partial charge is 0.374 e. The fourth-order valence-corrected chi connectivity index (χ4v) is 1.75. The van der Waals surface area contributed by atoms with Crippen molar-refractivity contribution in [1.29, 1.82) is 0 Å². The van der Waals surface area contributed by atoms with Crippen molar-refractivity contribution in [3.63, 3.8) is 0 Å². The van der Waals surface area contributed by atoms with Crippen LogP contribution in [0.25, 0.3) is 0 Å². The molecule has 0 aromatic carbocycles. The lowest BCUT2D eigenvalue weighted by Crippen LogP contribution is -2.44. The van der Waals surface area contributed by atoms with Crippen molar-refractivity contribution in [2.45, 2.75) is 19.4 Å². The van der Waals surface area contributed by atoms with Crippen LogP contribution in [0.15, 0.2) is 0 Å². The molecule has 0 bridgehead atoms. The number of likely N-dealkylation sites (N-methyl/N-ethyl adjacent to an activating group) is 1. The Morgan fingerprint density at radius 2 is 2.44 bits per heavy atom. The summed E-state index contributed by atoms with van der Waals surface area (Å²) in [6, 6.07) is 0. The summed E-state index contributed by atoms with van der Waals surface area (Å²) in [4.78, 5) is 13.4. The lowest BCUT2D eigenvalue weighted by molar-refractivity contribution is -0.121. The molecule has 1 rings (SSSR count). The van der Waals surface area contributed by atoms with Crippen molar-refractivity contribution < 1.29 is 9.53 Å². The predicted octanol–water partition coefficient (Wildman–Crippen LogP) is -0.567. The van der Waals surface area contributed by atoms with E-state index in [1.165, 1.54) is 0 Å². The molecule has 1 saturated heterocycles. The summed E-state index contributed by atoms with van der Waals surface area (Å²) in [5, 5.41) is 6.09. The van der Waals surface area contributed by atoms with Crippen molar-refractivity contribution in [3.8, 4) is 0 Å². The number of rotatable bonds is 6. The maximum absolute atomic E-state index is 11.3. The van der Waals surface area contributed by atoms with Gasteiger partial charge in [0.1, 0.15) is 0 Å². The highest BCUT2D eigenvalue weighted by atomic mass is 16.5. The first-order valence-corrected chi connectivity index (χ1v) is 6.00. The smallest absolute Gasteiger partial charge is 0.221 e. The van der Waals surface area contributed by atoms with Gasteiger partial charge in [0.2, 0.25) is 5.91 Å². The molecular formula is C11H23N3O2. The highest BCUT2D eigenvalue weighted by Gasteiger charge is 2.15. The highest BCUT2D eigenvalue weighted by molar-refractivity contribution is 5.75. The molecule has 1 aliphatic heterocycles. The maximum atomic E-state index is 11.3. The summed E-state index contributed by atoms with van der Waals surface area (Å²) in [6.45, 7) is 6.94. The Bertz CT molecular complexity index is 205. The number of carbonyl (C=O) groups excluding carboxylic acids is 1. The van der Waals surface area contributed by atoms with Gasteiger partial charge in [-0.1, -0.05) is 0 Å². The normalized spacial score (nSPS) is 21.1. The van der Waals surface area contributed by atoms with Gasteiger partial charge in [-0.3, -0.25) is 4.79 Å². The van der Waals surface area contributed by atoms with Gasteiger partial charge in [-0.05, 0) is 14.0 Å². The second kappa shape index (κ2) is 7.60. The number of hydrogen-bond acceptors (Lipinski definition) is 4. The van der Waals surface area contributed by atoms with E-state index in [2.05, 4.69) is 15.5 Å². The van der Waals surface area contributed by atoms with Crippen molar-refractivity contribution in [3.05, 3.63) is 0 Å². The first-order chi connectivity index (χ1) is 7.72. The molecule has 2 N–H and O–H groups in total. The molecule has 0 aliphatic carbocycles. The third-order valence-electron chi connectivity index (χ3n) is 2.61. The molecule has 0 aromatic heterocycles. The summed E-state index contributed by atoms with van der Waals surface area (Å²) in [5.41, 5.74) is 0. The van der Waals surface area contributed by atoms with Gasteiger partial charge in [0, 0.05) is 39.1 Å². The van der Waals surface area contributed by atoms with Crippen LogP contribution in [0.4, 0.5) is 0 Å². The molecule has 5 nitrogen and oxygen atoms in total. The van der Waals surface area contributed by atoms with Gasteiger partial charge in [-0.15, -0.1) is 0 Å². The molecule has 1 amide bonds. The Labute approximate surface area is 97.5 Å². The molecule has 1 aliphatic rings. The average molecular weight is 229 g/mol. The van der Waals surface area contributed by atoms with Crippen molar-refractivity contribution in [2.24, 2.45) is 0 Å². The van der Waals surface area contributed by atoms with E-state index in [0.717, 1.165) is 32.8 Å². The maximum Gasteiger partial charge on any atom is 0.221 e. The predicted molar refractivity (Wildman–Crippen MR) is 63.4 cm³/mol. The Kier molecular flexibility index (Phi) is 6.37. The minimum atomic E-state index is 0.122. The Balaban J connectivity index is 2.09. The quantitative estimate of drug-likeness (QED) is 0.640. The fourth-order valence-electron chi connectivity index (χ4n) is 1.75. The zero-order valence-corrected chi connectivity index (χ0v) is 10.3. The van der Waals surface area contributed by atoms with E-state index in [4.69, 9.17) is 4.74 Å². The summed E-state index contributed by atoms with van der Waals surface area (Å²) in [6.07, 6.45) is 0.817. The van der Waals surface area contributed by atoms with Crippen LogP contribution in [-0.4, -0.2) is 63.3 Å². The molecule has 0 radical (unpaired) electrons. The third-order valence-corrected chi connectivity index (χ3v) is 2.61. The van der Waals surface area contributed by atoms with Gasteiger partial charge in [0.15, 0.2) is 0 Å². The lowest BCUT2D eigenvalue weighted by atomic mass is 10.2. The van der Waals surface area contributed by atoms with Gasteiger partial charge in [0.25, 0.3) is 0 Å². The van der Waals surface area contributed by atoms with E-state index in [1.807, 2.05) is 14.0 Å². The number of morpholine rings is 1. The van der Waals surface area contributed by atoms with Crippen LogP contribution in [0, 0.1) is 0 Å². The summed E-state index contributed by atoms with van der Waals surface area (Å²) < 4.78 is 5.60. The molecule has 1 fully saturated rings. The summed E-state index contributed by atoms with van der Waals surface area (Å²) in [5.74, 6) is 0.122. The molecule has 0 spiro atoms. The van der Waals surface area contributed by atoms with Crippen LogP contribution in [0.3, 0.4) is 0 Å². The van der Waals surface area contributed by atoms with E-state index < -0.39 is 0 Å². The van der Waals surface area contributed by atoms with E-state index in [1.54, 1.807) is 0 Å². The molecule has 5 heteroatoms. The van der Waals surface area contributed by atoms with E-state index >= 15 is 0 Å². The summed E-state index contributed by atoms with van der Waals surface area (Å²) in [7, 11) is 2.02. The van der Waals surface area contributed by atoms with Gasteiger partial charge >= 0.3 is 0 Å². The molecule has 1 heterocycles. The molecule has 1 atom stereocenters. The van der Waals surface area contributed by atoms with Gasteiger partial charge in [-0.25, -0.2) is 0 Å². The molecule has 0 saturated carbocycles. The van der Waals surface area contributed by atoms with E-state index in [-0.39, 0.29) is 12.0 Å². The van der Waals surface area contributed by atoms with Crippen molar-refractivity contribution in [1.82, 2.24) is 15.5 Å². The highest BCUT2D eigenvalue weighted by Crippen LogP contribution is 1.99. The van der Waals surface area contributed by atoms with Crippen LogP contribution in [-0.2, 0) is 9.53 Å². The number of ether oxygens (including phenoxy) is 1. The second-order valence-corrected chi connectivity index (χ2v) is 4.16. The number of carbonyl (C=O) groups is 1. The zero-order valence-electron chi connectivity index (χ0n) is 10.3. The average Bonchev–Trinajstić information content (AvgIpc) is 2.28. The number of hydrogen-bond donors (Lipinski definition) is 2. The number of amides is 1. The van der Waals surface area contributed by atoms with Crippen LogP contribution >= 0.6 is 0 Å². The van der Waals surface area contributed by atoms with Crippen LogP contribution < -0.4 is 10.6 Å². The third kappa shape index (κ3) is 5.44. The Morgan fingerprint density at radius 1 is 1.62 bits per heavy atom. The molecule has 1 unspecified atom stereocenters. The first-order valence-electron chi connectivity index (χ1n) is 6.00. The Hall–Kier alpha value is -0.650. The first kappa shape index (κ1) is 13.4. The van der Waals surface area contributed by atoms with Crippen LogP contribution in [0.2, 0.25) is 0 Å². The lowest BCUT2D eigenvalue weighted by Gasteiger charge is -2.27. The topological polar surface area (TPSA) is 53.6 Å². The fraction of sp³-hybridized carbons (Fsp3) is 0.909. The SMILES string of the molecule is CCNC(=O)CCN(C)CC1CNCCO1. The van der Waals surface area contributed by atoms with E-state index in [9.17, 15) is 4.79 Å². The Morgan fingerprint density at radius 3 is 3.06 bits per heavy atom. The molecule has 94 valence electrons. The number of nitrogens with one attached hydrogen (secondary N) is 2. The van der Waals surface area contributed by atoms with Crippen molar-refractivity contribution in [2.75, 3.05) is 46.4 Å². The van der Waals surface area contributed by atoms with E-state index in [0.29, 0.717) is 13.0 Å². The number of nitrogens with zero attached hydrogens (tertiary/aromatic N) is 1. The molecular weight excluding hydrogens is 206 g/mol. The minimum absolute atomic E-state index is 0.122. The molecule has 16 heavy (non-hydrogen) atoms. The summed E-state index contributed by atoms with van der Waals surface area (Å²) >= 11 is 0. The minimum Gasteiger partial charge on any atom is -0.374 e. The standard InChI is InChI=1S/C11H23N3O2/c1-3-13-11(15)4-6-14(2)9-10-8-12-5-7-16-10/h10,12H,3-9H2,1-2H3,(H,13,15). The van der Waals surface area contributed by atoms with Crippen LogP contribution in [0.5, 0.6) is 0 Å². The zero-order chi connectivity index (χ0) is 11.8. The van der Waals surface area contributed by atoms with Gasteiger partial charge < -0.3 is 20.3 Å². The van der Waals surface area contributed by atoms with Gasteiger partial charge in [-0.2, -0.15) is 0 Å². The van der Waals surface area contributed by atoms with Crippen molar-refractivity contribution >= 4 is 5.91 Å². The molecule has 0 aromatic rings. The monoisotopic (exact) mass is 229 g/mol. The van der Waals surface area contributed by atoms with Gasteiger partial charge in [0.05, 0.1) is 12.7 Å².